The Morgan fingerprint density at radius 1 is 1.40 bits per heavy atom. The van der Waals surface area contributed by atoms with Crippen LogP contribution in [0, 0.1) is 0 Å². The van der Waals surface area contributed by atoms with Crippen LogP contribution in [0.3, 0.4) is 0 Å². The summed E-state index contributed by atoms with van der Waals surface area (Å²) in [5, 5.41) is 12.0. The molecule has 0 bridgehead atoms. The minimum atomic E-state index is 0.212. The molecule has 108 valence electrons. The van der Waals surface area contributed by atoms with Gasteiger partial charge >= 0.3 is 0 Å². The smallest absolute Gasteiger partial charge is 0.0771 e. The van der Waals surface area contributed by atoms with E-state index in [2.05, 4.69) is 22.4 Å². The van der Waals surface area contributed by atoms with E-state index in [0.29, 0.717) is 6.10 Å². The Bertz CT molecular complexity index is 555. The Balaban J connectivity index is 1.59. The lowest BCUT2D eigenvalue weighted by Gasteiger charge is -2.11. The average molecular weight is 275 g/mol. The topological polar surface area (TPSA) is 56.9 Å². The predicted octanol–water partition coefficient (Wildman–Crippen LogP) is 1.97. The number of rotatable bonds is 5. The minimum Gasteiger partial charge on any atom is -0.376 e. The minimum absolute atomic E-state index is 0.212. The predicted molar refractivity (Wildman–Crippen MR) is 76.4 cm³/mol. The molecular weight excluding hydrogens is 254 g/mol. The first kappa shape index (κ1) is 13.2. The van der Waals surface area contributed by atoms with Crippen LogP contribution in [0.25, 0.3) is 0 Å². The number of aromatic nitrogens is 4. The van der Waals surface area contributed by atoms with E-state index in [9.17, 15) is 0 Å². The average Bonchev–Trinajstić information content (AvgIpc) is 3.13. The molecule has 6 nitrogen and oxygen atoms in total. The second-order valence-corrected chi connectivity index (χ2v) is 5.40. The fourth-order valence-electron chi connectivity index (χ4n) is 2.53. The van der Waals surface area contributed by atoms with Crippen molar-refractivity contribution in [2.24, 2.45) is 7.05 Å². The zero-order valence-corrected chi connectivity index (χ0v) is 12.0. The van der Waals surface area contributed by atoms with Gasteiger partial charge in [0.05, 0.1) is 36.8 Å². The van der Waals surface area contributed by atoms with Crippen molar-refractivity contribution < 1.29 is 4.74 Å². The SMILES string of the molecule is CC(Nc1cnn(CC2CCCO2)c1)c1cnn(C)c1. The van der Waals surface area contributed by atoms with Crippen molar-refractivity contribution in [2.75, 3.05) is 11.9 Å². The summed E-state index contributed by atoms with van der Waals surface area (Å²) in [5.74, 6) is 0. The van der Waals surface area contributed by atoms with E-state index < -0.39 is 0 Å². The lowest BCUT2D eigenvalue weighted by Crippen LogP contribution is -2.15. The quantitative estimate of drug-likeness (QED) is 0.906. The van der Waals surface area contributed by atoms with Gasteiger partial charge in [-0.2, -0.15) is 10.2 Å². The third-order valence-electron chi connectivity index (χ3n) is 3.66. The van der Waals surface area contributed by atoms with Crippen LogP contribution in [0.4, 0.5) is 5.69 Å². The van der Waals surface area contributed by atoms with Gasteiger partial charge in [-0.05, 0) is 19.8 Å². The van der Waals surface area contributed by atoms with Crippen molar-refractivity contribution in [2.45, 2.75) is 38.5 Å². The molecular formula is C14H21N5O. The van der Waals surface area contributed by atoms with E-state index >= 15 is 0 Å². The van der Waals surface area contributed by atoms with Crippen LogP contribution in [-0.4, -0.2) is 32.3 Å². The van der Waals surface area contributed by atoms with Crippen LogP contribution in [0.1, 0.15) is 31.4 Å². The van der Waals surface area contributed by atoms with Gasteiger partial charge in [0.1, 0.15) is 0 Å². The van der Waals surface area contributed by atoms with E-state index in [1.807, 2.05) is 41.2 Å². The molecule has 0 aromatic carbocycles. The molecule has 1 N–H and O–H groups in total. The summed E-state index contributed by atoms with van der Waals surface area (Å²) < 4.78 is 9.39. The molecule has 2 aromatic rings. The first-order valence-electron chi connectivity index (χ1n) is 7.10. The molecule has 1 saturated heterocycles. The highest BCUT2D eigenvalue weighted by atomic mass is 16.5. The molecule has 6 heteroatoms. The summed E-state index contributed by atoms with van der Waals surface area (Å²) in [7, 11) is 1.93. The normalized spacial score (nSPS) is 20.2. The second kappa shape index (κ2) is 5.66. The van der Waals surface area contributed by atoms with Gasteiger partial charge in [0, 0.05) is 31.6 Å². The Morgan fingerprint density at radius 3 is 3.00 bits per heavy atom. The number of ether oxygens (including phenoxy) is 1. The monoisotopic (exact) mass is 275 g/mol. The first-order valence-corrected chi connectivity index (χ1v) is 7.10. The molecule has 3 heterocycles. The molecule has 2 unspecified atom stereocenters. The Hall–Kier alpha value is -1.82. The molecule has 0 amide bonds. The summed E-state index contributed by atoms with van der Waals surface area (Å²) in [6.07, 6.45) is 10.4. The van der Waals surface area contributed by atoms with Gasteiger partial charge in [-0.15, -0.1) is 0 Å². The maximum Gasteiger partial charge on any atom is 0.0771 e. The number of hydrogen-bond donors (Lipinski definition) is 1. The van der Waals surface area contributed by atoms with Crippen molar-refractivity contribution in [3.63, 3.8) is 0 Å². The fraction of sp³-hybridized carbons (Fsp3) is 0.571. The van der Waals surface area contributed by atoms with Gasteiger partial charge in [-0.25, -0.2) is 0 Å². The summed E-state index contributed by atoms with van der Waals surface area (Å²) in [6, 6.07) is 0.212. The van der Waals surface area contributed by atoms with Gasteiger partial charge in [0.25, 0.3) is 0 Å². The number of anilines is 1. The fourth-order valence-corrected chi connectivity index (χ4v) is 2.53. The Morgan fingerprint density at radius 2 is 2.30 bits per heavy atom. The highest BCUT2D eigenvalue weighted by Gasteiger charge is 2.16. The largest absolute Gasteiger partial charge is 0.376 e. The van der Waals surface area contributed by atoms with Crippen LogP contribution in [-0.2, 0) is 18.3 Å². The van der Waals surface area contributed by atoms with E-state index in [1.54, 1.807) is 0 Å². The van der Waals surface area contributed by atoms with Gasteiger partial charge in [0.2, 0.25) is 0 Å². The van der Waals surface area contributed by atoms with Crippen LogP contribution in [0.2, 0.25) is 0 Å². The molecule has 1 fully saturated rings. The summed E-state index contributed by atoms with van der Waals surface area (Å²) >= 11 is 0. The molecule has 2 aromatic heterocycles. The van der Waals surface area contributed by atoms with Crippen molar-refractivity contribution in [1.29, 1.82) is 0 Å². The highest BCUT2D eigenvalue weighted by Crippen LogP contribution is 2.19. The van der Waals surface area contributed by atoms with E-state index in [1.165, 1.54) is 5.56 Å². The molecule has 1 aliphatic heterocycles. The molecule has 0 saturated carbocycles. The van der Waals surface area contributed by atoms with Crippen molar-refractivity contribution in [3.05, 3.63) is 30.4 Å². The summed E-state index contributed by atoms with van der Waals surface area (Å²) in [4.78, 5) is 0. The molecule has 2 atom stereocenters. The maximum atomic E-state index is 5.63. The third kappa shape index (κ3) is 3.01. The summed E-state index contributed by atoms with van der Waals surface area (Å²) in [5.41, 5.74) is 2.19. The number of hydrogen-bond acceptors (Lipinski definition) is 4. The van der Waals surface area contributed by atoms with Gasteiger partial charge < -0.3 is 10.1 Å². The van der Waals surface area contributed by atoms with Crippen LogP contribution >= 0.6 is 0 Å². The standard InChI is InChI=1S/C14H21N5O/c1-11(12-6-15-18(2)8-12)17-13-7-16-19(9-13)10-14-4-3-5-20-14/h6-9,11,14,17H,3-5,10H2,1-2H3. The molecule has 20 heavy (non-hydrogen) atoms. The Labute approximate surface area is 118 Å². The number of nitrogens with zero attached hydrogens (tertiary/aromatic N) is 4. The molecule has 0 aliphatic carbocycles. The molecule has 0 spiro atoms. The van der Waals surface area contributed by atoms with Gasteiger partial charge in [-0.1, -0.05) is 0 Å². The molecule has 3 rings (SSSR count). The molecule has 1 aliphatic rings. The van der Waals surface area contributed by atoms with Gasteiger partial charge in [-0.3, -0.25) is 9.36 Å². The maximum absolute atomic E-state index is 5.63. The van der Waals surface area contributed by atoms with Crippen molar-refractivity contribution in [1.82, 2.24) is 19.6 Å². The van der Waals surface area contributed by atoms with E-state index in [0.717, 1.165) is 31.7 Å². The van der Waals surface area contributed by atoms with Crippen LogP contribution in [0.5, 0.6) is 0 Å². The third-order valence-corrected chi connectivity index (χ3v) is 3.66. The summed E-state index contributed by atoms with van der Waals surface area (Å²) in [6.45, 7) is 3.84. The van der Waals surface area contributed by atoms with Crippen LogP contribution in [0.15, 0.2) is 24.8 Å². The lowest BCUT2D eigenvalue weighted by molar-refractivity contribution is 0.0940. The lowest BCUT2D eigenvalue weighted by atomic mass is 10.2. The second-order valence-electron chi connectivity index (χ2n) is 5.40. The van der Waals surface area contributed by atoms with E-state index in [-0.39, 0.29) is 6.04 Å². The Kier molecular flexibility index (Phi) is 3.73. The highest BCUT2D eigenvalue weighted by molar-refractivity contribution is 5.40. The number of aryl methyl sites for hydroxylation is 1. The van der Waals surface area contributed by atoms with Crippen LogP contribution < -0.4 is 5.32 Å². The van der Waals surface area contributed by atoms with E-state index in [4.69, 9.17) is 4.74 Å². The van der Waals surface area contributed by atoms with Crippen molar-refractivity contribution in [3.8, 4) is 0 Å². The number of nitrogens with one attached hydrogen (secondary N) is 1. The zero-order valence-electron chi connectivity index (χ0n) is 12.0. The first-order chi connectivity index (χ1) is 9.70. The van der Waals surface area contributed by atoms with Crippen molar-refractivity contribution >= 4 is 5.69 Å². The van der Waals surface area contributed by atoms with Gasteiger partial charge in [0.15, 0.2) is 0 Å². The molecule has 0 radical (unpaired) electrons. The zero-order chi connectivity index (χ0) is 13.9.